The third-order valence-corrected chi connectivity index (χ3v) is 3.60. The van der Waals surface area contributed by atoms with Crippen molar-refractivity contribution in [3.05, 3.63) is 78.4 Å². The molecule has 0 unspecified atom stereocenters. The van der Waals surface area contributed by atoms with Gasteiger partial charge in [-0.05, 0) is 18.1 Å². The zero-order valence-corrected chi connectivity index (χ0v) is 12.0. The maximum atomic E-state index is 11.8. The molecule has 22 heavy (non-hydrogen) atoms. The summed E-state index contributed by atoms with van der Waals surface area (Å²) >= 11 is 0. The number of benzene rings is 2. The summed E-state index contributed by atoms with van der Waals surface area (Å²) in [4.78, 5) is 16.5. The summed E-state index contributed by atoms with van der Waals surface area (Å²) in [7, 11) is 0. The van der Waals surface area contributed by atoms with Gasteiger partial charge in [0.15, 0.2) is 0 Å². The van der Waals surface area contributed by atoms with Gasteiger partial charge < -0.3 is 5.11 Å². The van der Waals surface area contributed by atoms with Crippen molar-refractivity contribution in [1.82, 2.24) is 4.98 Å². The molecule has 3 rings (SSSR count). The van der Waals surface area contributed by atoms with E-state index < -0.39 is 5.97 Å². The third kappa shape index (κ3) is 2.37. The fourth-order valence-electron chi connectivity index (χ4n) is 2.67. The van der Waals surface area contributed by atoms with Gasteiger partial charge in [0.2, 0.25) is 0 Å². The van der Waals surface area contributed by atoms with Crippen molar-refractivity contribution in [3.63, 3.8) is 0 Å². The Morgan fingerprint density at radius 2 is 1.77 bits per heavy atom. The van der Waals surface area contributed by atoms with Crippen LogP contribution >= 0.6 is 0 Å². The molecule has 3 nitrogen and oxygen atoms in total. The molecule has 0 fully saturated rings. The number of pyridine rings is 1. The highest BCUT2D eigenvalue weighted by Crippen LogP contribution is 2.30. The van der Waals surface area contributed by atoms with Crippen molar-refractivity contribution in [2.75, 3.05) is 0 Å². The highest BCUT2D eigenvalue weighted by molar-refractivity contribution is 6.05. The highest BCUT2D eigenvalue weighted by Gasteiger charge is 2.19. The maximum absolute atomic E-state index is 11.8. The molecule has 0 saturated heterocycles. The molecule has 0 amide bonds. The minimum absolute atomic E-state index is 0.310. The van der Waals surface area contributed by atoms with E-state index in [1.54, 1.807) is 12.1 Å². The molecule has 1 N–H and O–H groups in total. The Bertz CT molecular complexity index is 854. The Morgan fingerprint density at radius 3 is 2.45 bits per heavy atom. The van der Waals surface area contributed by atoms with E-state index in [0.717, 1.165) is 5.56 Å². The first-order valence-corrected chi connectivity index (χ1v) is 7.03. The fraction of sp³-hybridized carbons (Fsp3) is 0.0526. The van der Waals surface area contributed by atoms with Crippen LogP contribution in [-0.2, 0) is 6.42 Å². The summed E-state index contributed by atoms with van der Waals surface area (Å²) < 4.78 is 0. The molecular weight excluding hydrogens is 274 g/mol. The molecule has 108 valence electrons. The number of allylic oxidation sites excluding steroid dienone is 1. The van der Waals surface area contributed by atoms with Crippen molar-refractivity contribution in [3.8, 4) is 11.3 Å². The number of carboxylic acids is 1. The molecule has 0 atom stereocenters. The van der Waals surface area contributed by atoms with Crippen LogP contribution < -0.4 is 0 Å². The minimum atomic E-state index is -0.937. The first kappa shape index (κ1) is 14.0. The first-order valence-electron chi connectivity index (χ1n) is 7.03. The zero-order chi connectivity index (χ0) is 15.5. The second-order valence-electron chi connectivity index (χ2n) is 5.00. The van der Waals surface area contributed by atoms with Crippen molar-refractivity contribution < 1.29 is 9.90 Å². The van der Waals surface area contributed by atoms with Gasteiger partial charge in [-0.1, -0.05) is 54.6 Å². The number of carbonyl (C=O) groups is 1. The Labute approximate surface area is 128 Å². The van der Waals surface area contributed by atoms with E-state index in [1.807, 2.05) is 48.5 Å². The Kier molecular flexibility index (Phi) is 3.71. The van der Waals surface area contributed by atoms with Crippen LogP contribution in [0, 0.1) is 0 Å². The molecule has 0 aliphatic heterocycles. The summed E-state index contributed by atoms with van der Waals surface area (Å²) in [5, 5.41) is 10.4. The Hall–Kier alpha value is -2.94. The lowest BCUT2D eigenvalue weighted by molar-refractivity contribution is 0.0698. The van der Waals surface area contributed by atoms with Gasteiger partial charge in [0, 0.05) is 10.9 Å². The second kappa shape index (κ2) is 5.82. The number of para-hydroxylation sites is 1. The predicted molar refractivity (Wildman–Crippen MR) is 88.0 cm³/mol. The molecule has 1 heterocycles. The third-order valence-electron chi connectivity index (χ3n) is 3.60. The summed E-state index contributed by atoms with van der Waals surface area (Å²) in [6.45, 7) is 3.75. The van der Waals surface area contributed by atoms with E-state index in [1.165, 1.54) is 0 Å². The predicted octanol–water partition coefficient (Wildman–Crippen LogP) is 4.33. The number of aromatic carboxylic acids is 1. The SMILES string of the molecule is C=CCc1c(-c2ccccc2)nc2ccccc2c1C(=O)O. The number of rotatable bonds is 4. The van der Waals surface area contributed by atoms with E-state index in [-0.39, 0.29) is 0 Å². The quantitative estimate of drug-likeness (QED) is 0.727. The van der Waals surface area contributed by atoms with Crippen LogP contribution in [0.25, 0.3) is 22.2 Å². The lowest BCUT2D eigenvalue weighted by Crippen LogP contribution is -2.07. The number of carboxylic acid groups (broad SMARTS) is 1. The van der Waals surface area contributed by atoms with Gasteiger partial charge in [0.1, 0.15) is 0 Å². The standard InChI is InChI=1S/C19H15NO2/c1-2-8-15-17(19(21)22)14-11-6-7-12-16(14)20-18(15)13-9-4-3-5-10-13/h2-7,9-12H,1,8H2,(H,21,22). The molecule has 0 aliphatic carbocycles. The van der Waals surface area contributed by atoms with Crippen molar-refractivity contribution in [2.45, 2.75) is 6.42 Å². The van der Waals surface area contributed by atoms with E-state index in [2.05, 4.69) is 6.58 Å². The lowest BCUT2D eigenvalue weighted by atomic mass is 9.94. The van der Waals surface area contributed by atoms with Gasteiger partial charge in [-0.25, -0.2) is 9.78 Å². The van der Waals surface area contributed by atoms with Gasteiger partial charge in [0.05, 0.1) is 16.8 Å². The van der Waals surface area contributed by atoms with E-state index in [4.69, 9.17) is 4.98 Å². The monoisotopic (exact) mass is 289 g/mol. The molecule has 0 spiro atoms. The van der Waals surface area contributed by atoms with Gasteiger partial charge in [-0.2, -0.15) is 0 Å². The first-order chi connectivity index (χ1) is 10.7. The zero-order valence-electron chi connectivity index (χ0n) is 12.0. The summed E-state index contributed by atoms with van der Waals surface area (Å²) in [5.41, 5.74) is 3.31. The van der Waals surface area contributed by atoms with E-state index in [0.29, 0.717) is 34.1 Å². The molecule has 2 aromatic carbocycles. The van der Waals surface area contributed by atoms with Crippen LogP contribution in [0.2, 0.25) is 0 Å². The van der Waals surface area contributed by atoms with Crippen LogP contribution in [0.1, 0.15) is 15.9 Å². The molecule has 3 aromatic rings. The molecule has 0 saturated carbocycles. The maximum Gasteiger partial charge on any atom is 0.336 e. The van der Waals surface area contributed by atoms with E-state index in [9.17, 15) is 9.90 Å². The van der Waals surface area contributed by atoms with Gasteiger partial charge >= 0.3 is 5.97 Å². The van der Waals surface area contributed by atoms with Gasteiger partial charge in [0.25, 0.3) is 0 Å². The summed E-state index contributed by atoms with van der Waals surface area (Å²) in [6.07, 6.45) is 2.17. The Morgan fingerprint density at radius 1 is 1.09 bits per heavy atom. The normalized spacial score (nSPS) is 10.5. The highest BCUT2D eigenvalue weighted by atomic mass is 16.4. The summed E-state index contributed by atoms with van der Waals surface area (Å²) in [5.74, 6) is -0.937. The topological polar surface area (TPSA) is 50.2 Å². The van der Waals surface area contributed by atoms with Crippen molar-refractivity contribution >= 4 is 16.9 Å². The second-order valence-corrected chi connectivity index (χ2v) is 5.00. The smallest absolute Gasteiger partial charge is 0.336 e. The van der Waals surface area contributed by atoms with Crippen LogP contribution in [-0.4, -0.2) is 16.1 Å². The average molecular weight is 289 g/mol. The van der Waals surface area contributed by atoms with Gasteiger partial charge in [-0.3, -0.25) is 0 Å². The number of hydrogen-bond donors (Lipinski definition) is 1. The molecule has 1 aromatic heterocycles. The molecular formula is C19H15NO2. The van der Waals surface area contributed by atoms with Crippen molar-refractivity contribution in [1.29, 1.82) is 0 Å². The van der Waals surface area contributed by atoms with E-state index >= 15 is 0 Å². The molecule has 0 aliphatic rings. The number of nitrogens with zero attached hydrogens (tertiary/aromatic N) is 1. The van der Waals surface area contributed by atoms with Crippen LogP contribution in [0.3, 0.4) is 0 Å². The van der Waals surface area contributed by atoms with Gasteiger partial charge in [-0.15, -0.1) is 6.58 Å². The number of fused-ring (bicyclic) bond motifs is 1. The van der Waals surface area contributed by atoms with Crippen LogP contribution in [0.5, 0.6) is 0 Å². The summed E-state index contributed by atoms with van der Waals surface area (Å²) in [6, 6.07) is 17.0. The number of aromatic nitrogens is 1. The molecule has 3 heteroatoms. The lowest BCUT2D eigenvalue weighted by Gasteiger charge is -2.14. The van der Waals surface area contributed by atoms with Crippen LogP contribution in [0.15, 0.2) is 67.3 Å². The average Bonchev–Trinajstić information content (AvgIpc) is 2.55. The number of hydrogen-bond acceptors (Lipinski definition) is 2. The Balaban J connectivity index is 2.43. The van der Waals surface area contributed by atoms with Crippen LogP contribution in [0.4, 0.5) is 0 Å². The van der Waals surface area contributed by atoms with Crippen molar-refractivity contribution in [2.24, 2.45) is 0 Å². The molecule has 0 radical (unpaired) electrons. The fourth-order valence-corrected chi connectivity index (χ4v) is 2.67. The largest absolute Gasteiger partial charge is 0.478 e. The molecule has 0 bridgehead atoms. The minimum Gasteiger partial charge on any atom is -0.478 e.